The third kappa shape index (κ3) is 7.99. The van der Waals surface area contributed by atoms with Crippen LogP contribution in [0.2, 0.25) is 10.0 Å². The average molecular weight is 374 g/mol. The molecule has 0 aliphatic heterocycles. The van der Waals surface area contributed by atoms with Crippen molar-refractivity contribution in [3.63, 3.8) is 0 Å². The number of nitrogens with zero attached hydrogens (tertiary/aromatic N) is 2. The number of hydrogen-bond donors (Lipinski definition) is 1. The second-order valence-electron chi connectivity index (χ2n) is 5.90. The quantitative estimate of drug-likeness (QED) is 0.723. The topological polar surface area (TPSA) is 52.7 Å². The van der Waals surface area contributed by atoms with Gasteiger partial charge in [0.05, 0.1) is 0 Å². The summed E-state index contributed by atoms with van der Waals surface area (Å²) in [5, 5.41) is 4.02. The third-order valence-corrected chi connectivity index (χ3v) is 4.19. The van der Waals surface area contributed by atoms with Gasteiger partial charge in [-0.3, -0.25) is 9.59 Å². The van der Waals surface area contributed by atoms with Crippen molar-refractivity contribution in [3.05, 3.63) is 33.8 Å². The molecule has 0 fully saturated rings. The maximum atomic E-state index is 11.8. The summed E-state index contributed by atoms with van der Waals surface area (Å²) in [4.78, 5) is 27.2. The largest absolute Gasteiger partial charge is 0.355 e. The highest BCUT2D eigenvalue weighted by molar-refractivity contribution is 6.35. The van der Waals surface area contributed by atoms with Gasteiger partial charge in [-0.2, -0.15) is 0 Å². The van der Waals surface area contributed by atoms with Crippen molar-refractivity contribution in [3.8, 4) is 0 Å². The zero-order valence-electron chi connectivity index (χ0n) is 14.4. The molecular weight excluding hydrogens is 349 g/mol. The predicted molar refractivity (Wildman–Crippen MR) is 98.6 cm³/mol. The van der Waals surface area contributed by atoms with Crippen LogP contribution in [0.3, 0.4) is 0 Å². The molecule has 1 rings (SSSR count). The van der Waals surface area contributed by atoms with Crippen molar-refractivity contribution in [1.82, 2.24) is 15.1 Å². The minimum absolute atomic E-state index is 0.0485. The number of amides is 2. The highest BCUT2D eigenvalue weighted by Gasteiger charge is 2.12. The Labute approximate surface area is 153 Å². The predicted octanol–water partition coefficient (Wildman–Crippen LogP) is 2.45. The van der Waals surface area contributed by atoms with Gasteiger partial charge in [0.25, 0.3) is 0 Å². The zero-order valence-corrected chi connectivity index (χ0v) is 16.0. The maximum absolute atomic E-state index is 11.8. The van der Waals surface area contributed by atoms with E-state index < -0.39 is 0 Å². The Hall–Kier alpha value is -1.30. The highest BCUT2D eigenvalue weighted by Crippen LogP contribution is 2.21. The van der Waals surface area contributed by atoms with Gasteiger partial charge in [-0.1, -0.05) is 29.3 Å². The summed E-state index contributed by atoms with van der Waals surface area (Å²) in [5.74, 6) is -0.103. The van der Waals surface area contributed by atoms with Crippen molar-refractivity contribution in [2.75, 3.05) is 40.3 Å². The lowest BCUT2D eigenvalue weighted by atomic mass is 10.1. The van der Waals surface area contributed by atoms with Crippen LogP contribution in [0.4, 0.5) is 0 Å². The van der Waals surface area contributed by atoms with Crippen LogP contribution in [0.15, 0.2) is 18.2 Å². The van der Waals surface area contributed by atoms with E-state index in [1.807, 2.05) is 25.1 Å². The lowest BCUT2D eigenvalue weighted by molar-refractivity contribution is -0.129. The standard InChI is InChI=1S/C17H25Cl2N3O2/c1-13(23)22(10-7-17(24)20-8-11-21(2)3)9-6-14-4-5-15(18)12-16(14)19/h4-5,12H,6-11H2,1-3H3,(H,20,24). The molecule has 134 valence electrons. The zero-order chi connectivity index (χ0) is 18.1. The number of likely N-dealkylation sites (N-methyl/N-ethyl adjacent to an activating group) is 1. The van der Waals surface area contributed by atoms with E-state index in [2.05, 4.69) is 5.32 Å². The summed E-state index contributed by atoms with van der Waals surface area (Å²) in [6.07, 6.45) is 0.916. The van der Waals surface area contributed by atoms with Gasteiger partial charge < -0.3 is 15.1 Å². The first-order valence-electron chi connectivity index (χ1n) is 7.90. The second-order valence-corrected chi connectivity index (χ2v) is 6.74. The van der Waals surface area contributed by atoms with Gasteiger partial charge in [-0.05, 0) is 38.2 Å². The van der Waals surface area contributed by atoms with Crippen LogP contribution in [-0.4, -0.2) is 61.9 Å². The molecule has 0 aromatic heterocycles. The molecular formula is C17H25Cl2N3O2. The van der Waals surface area contributed by atoms with Crippen molar-refractivity contribution < 1.29 is 9.59 Å². The van der Waals surface area contributed by atoms with Crippen LogP contribution >= 0.6 is 23.2 Å². The normalized spacial score (nSPS) is 10.8. The molecule has 24 heavy (non-hydrogen) atoms. The summed E-state index contributed by atoms with van der Waals surface area (Å²) in [7, 11) is 3.90. The second kappa shape index (κ2) is 10.5. The molecule has 0 saturated heterocycles. The molecule has 1 N–H and O–H groups in total. The smallest absolute Gasteiger partial charge is 0.221 e. The van der Waals surface area contributed by atoms with E-state index in [-0.39, 0.29) is 11.8 Å². The molecule has 0 heterocycles. The average Bonchev–Trinajstić information content (AvgIpc) is 2.48. The number of rotatable bonds is 9. The Bertz CT molecular complexity index is 565. The van der Waals surface area contributed by atoms with E-state index in [9.17, 15) is 9.59 Å². The van der Waals surface area contributed by atoms with Gasteiger partial charge in [-0.25, -0.2) is 0 Å². The van der Waals surface area contributed by atoms with Crippen LogP contribution in [-0.2, 0) is 16.0 Å². The molecule has 0 atom stereocenters. The molecule has 0 saturated carbocycles. The fraction of sp³-hybridized carbons (Fsp3) is 0.529. The van der Waals surface area contributed by atoms with Crippen LogP contribution in [0.25, 0.3) is 0 Å². The van der Waals surface area contributed by atoms with E-state index in [1.165, 1.54) is 6.92 Å². The van der Waals surface area contributed by atoms with Crippen molar-refractivity contribution in [1.29, 1.82) is 0 Å². The van der Waals surface area contributed by atoms with E-state index in [1.54, 1.807) is 17.0 Å². The molecule has 1 aromatic rings. The minimum atomic E-state index is -0.0545. The number of carbonyl (C=O) groups excluding carboxylic acids is 2. The summed E-state index contributed by atoms with van der Waals surface area (Å²) in [6.45, 7) is 3.81. The molecule has 1 aromatic carbocycles. The molecule has 0 spiro atoms. The van der Waals surface area contributed by atoms with Crippen LogP contribution in [0.5, 0.6) is 0 Å². The van der Waals surface area contributed by atoms with Gasteiger partial charge in [0.1, 0.15) is 0 Å². The molecule has 0 unspecified atom stereocenters. The molecule has 0 aliphatic carbocycles. The van der Waals surface area contributed by atoms with Crippen molar-refractivity contribution >= 4 is 35.0 Å². The molecule has 0 bridgehead atoms. The van der Waals surface area contributed by atoms with E-state index in [4.69, 9.17) is 23.2 Å². The Morgan fingerprint density at radius 1 is 1.12 bits per heavy atom. The number of hydrogen-bond acceptors (Lipinski definition) is 3. The lowest BCUT2D eigenvalue weighted by Gasteiger charge is -2.21. The molecule has 7 heteroatoms. The molecule has 0 radical (unpaired) electrons. The Morgan fingerprint density at radius 2 is 1.83 bits per heavy atom. The summed E-state index contributed by atoms with van der Waals surface area (Å²) in [5.41, 5.74) is 0.933. The number of benzene rings is 1. The minimum Gasteiger partial charge on any atom is -0.355 e. The van der Waals surface area contributed by atoms with E-state index >= 15 is 0 Å². The fourth-order valence-electron chi connectivity index (χ4n) is 2.15. The van der Waals surface area contributed by atoms with Crippen LogP contribution in [0.1, 0.15) is 18.9 Å². The van der Waals surface area contributed by atoms with Gasteiger partial charge in [0, 0.05) is 49.6 Å². The Morgan fingerprint density at radius 3 is 2.42 bits per heavy atom. The molecule has 5 nitrogen and oxygen atoms in total. The fourth-order valence-corrected chi connectivity index (χ4v) is 2.65. The SMILES string of the molecule is CC(=O)N(CCC(=O)NCCN(C)C)CCc1ccc(Cl)cc1Cl. The summed E-state index contributed by atoms with van der Waals surface area (Å²) in [6, 6.07) is 5.32. The first-order valence-corrected chi connectivity index (χ1v) is 8.66. The van der Waals surface area contributed by atoms with Gasteiger partial charge >= 0.3 is 0 Å². The lowest BCUT2D eigenvalue weighted by Crippen LogP contribution is -2.36. The third-order valence-electron chi connectivity index (χ3n) is 3.60. The van der Waals surface area contributed by atoms with Crippen molar-refractivity contribution in [2.45, 2.75) is 19.8 Å². The number of carbonyl (C=O) groups is 2. The van der Waals surface area contributed by atoms with Gasteiger partial charge in [-0.15, -0.1) is 0 Å². The molecule has 2 amide bonds. The summed E-state index contributed by atoms with van der Waals surface area (Å²) < 4.78 is 0. The highest BCUT2D eigenvalue weighted by atomic mass is 35.5. The number of nitrogens with one attached hydrogen (secondary N) is 1. The monoisotopic (exact) mass is 373 g/mol. The summed E-state index contributed by atoms with van der Waals surface area (Å²) >= 11 is 12.0. The number of halogens is 2. The van der Waals surface area contributed by atoms with Gasteiger partial charge in [0.15, 0.2) is 0 Å². The Balaban J connectivity index is 2.44. The Kier molecular flexibility index (Phi) is 9.11. The van der Waals surface area contributed by atoms with Crippen molar-refractivity contribution in [2.24, 2.45) is 0 Å². The van der Waals surface area contributed by atoms with Crippen LogP contribution in [0, 0.1) is 0 Å². The first-order chi connectivity index (χ1) is 11.3. The van der Waals surface area contributed by atoms with E-state index in [0.29, 0.717) is 42.5 Å². The van der Waals surface area contributed by atoms with Crippen LogP contribution < -0.4 is 5.32 Å². The maximum Gasteiger partial charge on any atom is 0.221 e. The first kappa shape index (κ1) is 20.7. The van der Waals surface area contributed by atoms with Gasteiger partial charge in [0.2, 0.25) is 11.8 Å². The molecule has 0 aliphatic rings. The van der Waals surface area contributed by atoms with E-state index in [0.717, 1.165) is 12.1 Å².